The van der Waals surface area contributed by atoms with Gasteiger partial charge in [-0.15, -0.1) is 10.2 Å². The maximum Gasteiger partial charge on any atom is 0.312 e. The topological polar surface area (TPSA) is 274 Å². The van der Waals surface area contributed by atoms with Crippen molar-refractivity contribution in [1.82, 2.24) is 40.8 Å². The minimum absolute atomic E-state index is 0. The van der Waals surface area contributed by atoms with E-state index in [0.717, 1.165) is 11.4 Å². The lowest BCUT2D eigenvalue weighted by molar-refractivity contribution is -0.137. The maximum atomic E-state index is 10.8. The van der Waals surface area contributed by atoms with Crippen LogP contribution in [-0.4, -0.2) is 114 Å². The van der Waals surface area contributed by atoms with Crippen molar-refractivity contribution < 1.29 is 57.7 Å². The van der Waals surface area contributed by atoms with E-state index in [1.54, 1.807) is 55.5 Å². The quantitative estimate of drug-likeness (QED) is 0.0964. The molecule has 4 aromatic rings. The smallest absolute Gasteiger partial charge is 0.312 e. The molecule has 4 aromatic heterocycles. The molecule has 0 saturated heterocycles. The minimum atomic E-state index is -0.927. The van der Waals surface area contributed by atoms with Crippen molar-refractivity contribution in [2.75, 3.05) is 26.9 Å². The molecule has 0 aromatic carbocycles. The molecular formula is C34H57N8O10P-2. The Kier molecular flexibility index (Phi) is 26.1. The molecule has 0 aliphatic heterocycles. The van der Waals surface area contributed by atoms with Gasteiger partial charge < -0.3 is 37.9 Å². The van der Waals surface area contributed by atoms with Gasteiger partial charge >= 0.3 is 17.9 Å². The van der Waals surface area contributed by atoms with E-state index in [4.69, 9.17) is 43.0 Å². The highest BCUT2D eigenvalue weighted by atomic mass is 31.0. The molecule has 0 aliphatic rings. The Labute approximate surface area is 324 Å². The van der Waals surface area contributed by atoms with E-state index in [9.17, 15) is 14.4 Å². The van der Waals surface area contributed by atoms with Crippen LogP contribution in [0.1, 0.15) is 78.0 Å². The van der Waals surface area contributed by atoms with E-state index in [2.05, 4.69) is 40.8 Å². The average molecular weight is 777 g/mol. The van der Waals surface area contributed by atoms with Gasteiger partial charge in [-0.2, -0.15) is 40.4 Å². The van der Waals surface area contributed by atoms with E-state index >= 15 is 0 Å². The molecule has 53 heavy (non-hydrogen) atoms. The largest absolute Gasteiger partial charge is 1.00 e. The van der Waals surface area contributed by atoms with Crippen LogP contribution in [0.15, 0.2) is 48.5 Å². The van der Waals surface area contributed by atoms with Crippen LogP contribution in [0.2, 0.25) is 0 Å². The number of carboxylic acids is 2. The first kappa shape index (κ1) is 42.3. The number of rotatable bonds is 13. The summed E-state index contributed by atoms with van der Waals surface area (Å²) in [6.07, 6.45) is 1.53. The Morgan fingerprint density at radius 3 is 1.34 bits per heavy atom. The number of aromatic nitrogens is 8. The predicted molar refractivity (Wildman–Crippen MR) is 204 cm³/mol. The van der Waals surface area contributed by atoms with Crippen LogP contribution in [0, 0.1) is 6.92 Å². The van der Waals surface area contributed by atoms with Crippen molar-refractivity contribution >= 4 is 27.7 Å². The predicted octanol–water partition coefficient (Wildman–Crippen LogP) is 2.59. The molecule has 0 amide bonds. The summed E-state index contributed by atoms with van der Waals surface area (Å²) in [6, 6.07) is 13.4. The fraction of sp³-hybridized carbons (Fsp3) is 0.441. The molecule has 300 valence electrons. The normalized spacial score (nSPS) is 10.0. The first-order chi connectivity index (χ1) is 28.4. The van der Waals surface area contributed by atoms with Gasteiger partial charge in [0.15, 0.2) is 0 Å². The molecule has 4 heterocycles. The summed E-state index contributed by atoms with van der Waals surface area (Å²) < 4.78 is 44.7. The number of ether oxygens (including phenoxy) is 2. The third kappa shape index (κ3) is 26.3. The molecular weight excluding hydrogens is 711 g/mol. The van der Waals surface area contributed by atoms with Crippen molar-refractivity contribution in [3.63, 3.8) is 0 Å². The number of esters is 1. The first-order valence-corrected chi connectivity index (χ1v) is 14.8. The Morgan fingerprint density at radius 2 is 1.06 bits per heavy atom. The molecule has 0 bridgehead atoms. The Balaban J connectivity index is -0.000000153. The zero-order chi connectivity index (χ0) is 45.9. The van der Waals surface area contributed by atoms with Crippen LogP contribution in [0.4, 0.5) is 0 Å². The number of carbonyl (C=O) groups is 3. The number of hydrogen-bond donors (Lipinski definition) is 5. The van der Waals surface area contributed by atoms with Crippen molar-refractivity contribution in [3.8, 4) is 11.8 Å². The molecule has 0 aliphatic carbocycles. The number of aliphatic hydroxyl groups excluding tert-OH is 3. The number of carboxylic acid groups (broad SMARTS) is 2. The molecule has 18 nitrogen and oxygen atoms in total. The maximum absolute atomic E-state index is 10.8. The van der Waals surface area contributed by atoms with Crippen molar-refractivity contribution in [3.05, 3.63) is 82.7 Å². The van der Waals surface area contributed by atoms with E-state index in [1.807, 2.05) is 6.92 Å². The zero-order valence-electron chi connectivity index (χ0n) is 38.5. The SMILES string of the molecule is CCC(=O)Oc1ccc(C)nn1.COc1ccc(CCO)nn1.O=C(O)Cc1ccc(CCO)nn1.O=C(O)Cc1ccc(CCO)nn1.[2H-].[2H-].[2H]C.[2H]C.[2H]C[2H].[2H]P[2H]. The first-order valence-electron chi connectivity index (χ1n) is 19.2. The summed E-state index contributed by atoms with van der Waals surface area (Å²) in [7, 11) is 3.37. The van der Waals surface area contributed by atoms with Crippen LogP contribution in [0.5, 0.6) is 11.8 Å². The number of hydrogen-bond acceptors (Lipinski definition) is 16. The monoisotopic (exact) mass is 776 g/mol. The lowest BCUT2D eigenvalue weighted by Gasteiger charge is -1.99. The summed E-state index contributed by atoms with van der Waals surface area (Å²) in [6.45, 7) is 3.68. The zero-order valence-corrected chi connectivity index (χ0v) is 31.5. The number of nitrogens with zero attached hydrogens (tertiary/aromatic N) is 8. The number of methoxy groups -OCH3 is 1. The summed E-state index contributed by atoms with van der Waals surface area (Å²) in [5.41, 5.74) is 3.75. The van der Waals surface area contributed by atoms with Crippen LogP contribution in [0.3, 0.4) is 0 Å². The highest BCUT2D eigenvalue weighted by Crippen LogP contribution is 2.05. The Bertz CT molecular complexity index is 1520. The summed E-state index contributed by atoms with van der Waals surface area (Å²) in [4.78, 5) is 31.3. The molecule has 0 saturated carbocycles. The van der Waals surface area contributed by atoms with Gasteiger partial charge in [0, 0.05) is 63.1 Å². The van der Waals surface area contributed by atoms with Gasteiger partial charge in [-0.1, -0.05) is 29.1 Å². The highest BCUT2D eigenvalue weighted by molar-refractivity contribution is 6.92. The van der Waals surface area contributed by atoms with Crippen LogP contribution in [0.25, 0.3) is 0 Å². The number of aliphatic hydroxyl groups is 3. The fourth-order valence-electron chi connectivity index (χ4n) is 3.10. The van der Waals surface area contributed by atoms with Crippen LogP contribution < -0.4 is 9.47 Å². The lowest BCUT2D eigenvalue weighted by Crippen LogP contribution is -2.07. The van der Waals surface area contributed by atoms with Gasteiger partial charge in [0.25, 0.3) is 0 Å². The van der Waals surface area contributed by atoms with E-state index < -0.39 is 21.7 Å². The highest BCUT2D eigenvalue weighted by Gasteiger charge is 2.04. The van der Waals surface area contributed by atoms with Gasteiger partial charge in [-0.25, -0.2) is 0 Å². The van der Waals surface area contributed by atoms with Crippen LogP contribution >= 0.6 is 9.79 Å². The number of carbonyl (C=O) groups excluding carboxylic acids is 1. The van der Waals surface area contributed by atoms with Gasteiger partial charge in [-0.3, -0.25) is 14.4 Å². The standard InChI is InChI=1S/2C8H10N2O3.C8H10N2O2.C7H10N2O2.3CH4.H3P.2H/c2*11-4-3-6-1-2-7(10-9-6)5-8(12)13;1-3-8(11)12-7-5-4-6(2)9-10-7;1-11-7-3-2-6(4-5-10)8-9-7;;;;;;/h2*1-2,11H,3-5H2,(H,12,13);4-5H,3H2,1-2H3;2-3,10H,4-5H2,1H3;3*1H4;1H3;;/q;;;;;;;;2*-1/i;;;;1D2;2*1D;1D2;2*1+1. The third-order valence-corrected chi connectivity index (χ3v) is 5.50. The molecule has 5 N–H and O–H groups in total. The second-order valence-electron chi connectivity index (χ2n) is 9.50. The van der Waals surface area contributed by atoms with Gasteiger partial charge in [-0.05, 0) is 43.3 Å². The molecule has 0 radical (unpaired) electrons. The molecule has 4 rings (SSSR count). The molecule has 0 fully saturated rings. The van der Waals surface area contributed by atoms with E-state index in [1.165, 1.54) is 21.9 Å². The summed E-state index contributed by atoms with van der Waals surface area (Å²) in [5.74, 6) is -1.40. The Morgan fingerprint density at radius 1 is 0.698 bits per heavy atom. The van der Waals surface area contributed by atoms with Gasteiger partial charge in [0.2, 0.25) is 11.8 Å². The third-order valence-electron chi connectivity index (χ3n) is 5.50. The second kappa shape index (κ2) is 32.7. The van der Waals surface area contributed by atoms with Crippen molar-refractivity contribution in [2.24, 2.45) is 0 Å². The summed E-state index contributed by atoms with van der Waals surface area (Å²) in [5, 5.41) is 72.4. The lowest BCUT2D eigenvalue weighted by atomic mass is 10.2. The van der Waals surface area contributed by atoms with Crippen molar-refractivity contribution in [2.45, 2.75) is 74.6 Å². The Hall–Kier alpha value is -5.16. The van der Waals surface area contributed by atoms with E-state index in [-0.39, 0.29) is 54.7 Å². The molecule has 19 heteroatoms. The second-order valence-corrected chi connectivity index (χ2v) is 9.50. The minimum Gasteiger partial charge on any atom is -1.00 e. The molecule has 0 spiro atoms. The number of aryl methyl sites for hydroxylation is 1. The van der Waals surface area contributed by atoms with Gasteiger partial charge in [0.1, 0.15) is 0 Å². The number of aliphatic carboxylic acids is 2. The average Bonchev–Trinajstić information content (AvgIpc) is 3.23. The van der Waals surface area contributed by atoms with E-state index in [0.29, 0.717) is 54.3 Å². The van der Waals surface area contributed by atoms with Crippen molar-refractivity contribution in [1.29, 1.82) is 2.56 Å². The molecule has 0 atom stereocenters. The fourth-order valence-corrected chi connectivity index (χ4v) is 3.10. The molecule has 0 unspecified atom stereocenters. The van der Waals surface area contributed by atoms with Crippen LogP contribution in [-0.2, 0) is 46.5 Å². The summed E-state index contributed by atoms with van der Waals surface area (Å²) >= 11 is 0. The van der Waals surface area contributed by atoms with Gasteiger partial charge in [0.05, 0.1) is 56.7 Å².